The fourth-order valence-electron chi connectivity index (χ4n) is 10.7. The van der Waals surface area contributed by atoms with Crippen LogP contribution in [-0.4, -0.2) is 164 Å². The number of nitrogens with one attached hydrogen (secondary N) is 1. The van der Waals surface area contributed by atoms with E-state index < -0.39 is 0 Å². The molecule has 6 aliphatic rings. The van der Waals surface area contributed by atoms with Crippen LogP contribution in [0, 0.1) is 11.6 Å². The molecule has 75 heavy (non-hydrogen) atoms. The number of thiazole rings is 2. The quantitative estimate of drug-likeness (QED) is 0.112. The Kier molecular flexibility index (Phi) is 16.6. The van der Waals surface area contributed by atoms with Gasteiger partial charge in [-0.05, 0) is 121 Å². The van der Waals surface area contributed by atoms with Crippen molar-refractivity contribution in [3.05, 3.63) is 130 Å². The highest BCUT2D eigenvalue weighted by atomic mass is 35.5. The third-order valence-electron chi connectivity index (χ3n) is 15.3. The predicted octanol–water partition coefficient (Wildman–Crippen LogP) is 7.31. The Hall–Kier alpha value is -5.73. The first-order valence-corrected chi connectivity index (χ1v) is 28.2. The number of benzene rings is 4. The number of β-amino-alcohol motifs (C(OH)–C–C–N with tert-alkyl or cyclic N) is 2. The molecule has 2 amide bonds. The average Bonchev–Trinajstić information content (AvgIpc) is 4.28. The SMILES string of the molecule is CN(c1nc(-c2ccc(F)cc2)cs1)C1CCc2ccc(N3CCN(CC(=O)N4CC(O)C4)CC3)cc21.CN(c1nc(-c2ccc(F)cc2)cs1)C1CCc2ccc(N3CCNCC3)cc21.O=C(CCl)N1CC(O)C1. The molecule has 14 nitrogen and oxygen atoms in total. The van der Waals surface area contributed by atoms with E-state index in [0.29, 0.717) is 38.8 Å². The number of hydrogen-bond donors (Lipinski definition) is 3. The van der Waals surface area contributed by atoms with Crippen LogP contribution in [0.25, 0.3) is 22.5 Å². The van der Waals surface area contributed by atoms with E-state index in [2.05, 4.69) is 85.7 Å². The van der Waals surface area contributed by atoms with E-state index in [0.717, 1.165) is 111 Å². The van der Waals surface area contributed by atoms with Crippen LogP contribution < -0.4 is 24.9 Å². The van der Waals surface area contributed by atoms with E-state index in [4.69, 9.17) is 26.7 Å². The summed E-state index contributed by atoms with van der Waals surface area (Å²) in [6.45, 7) is 9.99. The van der Waals surface area contributed by atoms with Crippen molar-refractivity contribution < 1.29 is 28.6 Å². The highest BCUT2D eigenvalue weighted by Crippen LogP contribution is 2.43. The van der Waals surface area contributed by atoms with Crippen LogP contribution in [0.3, 0.4) is 0 Å². The molecule has 0 bridgehead atoms. The number of amides is 2. The van der Waals surface area contributed by atoms with Gasteiger partial charge >= 0.3 is 0 Å². The molecule has 0 spiro atoms. The standard InChI is InChI=1S/C28H32FN5O2S.C23H25FN4S.C5H8ClNO2/c1-31(28-30-25(18-37-28)20-2-6-21(29)7-3-20)26-9-5-19-4-8-22(14-24(19)26)33-12-10-32(11-13-33)17-27(36)34-15-23(35)16-34;1-27(23-26-21(15-29-23)17-2-6-18(24)7-3-17)22-9-5-16-4-8-19(14-20(16)22)28-12-10-25-11-13-28;6-1-5(9)7-2-4(8)3-7/h2-4,6-8,14,18,23,26,35H,5,9-13,15-17H2,1H3;2-4,6-8,14-15,22,25H,5,9-13H2,1H3;4,8H,1-3H2. The van der Waals surface area contributed by atoms with Crippen molar-refractivity contribution in [2.45, 2.75) is 50.0 Å². The molecule has 2 atom stereocenters. The molecule has 0 saturated carbocycles. The number of rotatable bonds is 11. The van der Waals surface area contributed by atoms with Crippen LogP contribution >= 0.6 is 34.3 Å². The van der Waals surface area contributed by atoms with Crippen molar-refractivity contribution in [2.75, 3.05) is 125 Å². The van der Waals surface area contributed by atoms with Crippen LogP contribution in [0.1, 0.15) is 47.2 Å². The summed E-state index contributed by atoms with van der Waals surface area (Å²) in [4.78, 5) is 47.7. The molecule has 6 aromatic rings. The molecule has 4 fully saturated rings. The second kappa shape index (κ2) is 23.7. The van der Waals surface area contributed by atoms with E-state index in [1.807, 2.05) is 5.38 Å². The van der Waals surface area contributed by atoms with E-state index in [1.165, 1.54) is 62.8 Å². The fourth-order valence-corrected chi connectivity index (χ4v) is 12.6. The number of aromatic nitrogens is 2. The van der Waals surface area contributed by atoms with Crippen molar-refractivity contribution in [3.8, 4) is 22.5 Å². The number of likely N-dealkylation sites (tertiary alicyclic amines) is 2. The molecule has 4 aromatic carbocycles. The van der Waals surface area contributed by atoms with Gasteiger partial charge in [0.25, 0.3) is 0 Å². The van der Waals surface area contributed by atoms with Crippen LogP contribution in [0.15, 0.2) is 95.7 Å². The largest absolute Gasteiger partial charge is 0.389 e. The second-order valence-electron chi connectivity index (χ2n) is 20.2. The van der Waals surface area contributed by atoms with E-state index in [9.17, 15) is 23.5 Å². The minimum atomic E-state index is -0.351. The number of piperazine rings is 2. The zero-order valence-corrected chi connectivity index (χ0v) is 44.9. The predicted molar refractivity (Wildman–Crippen MR) is 296 cm³/mol. The summed E-state index contributed by atoms with van der Waals surface area (Å²) in [7, 11) is 4.26. The molecule has 3 N–H and O–H groups in total. The average molecular weight is 1080 g/mol. The third-order valence-corrected chi connectivity index (χ3v) is 17.4. The molecule has 4 aliphatic heterocycles. The number of fused-ring (bicyclic) bond motifs is 2. The summed E-state index contributed by atoms with van der Waals surface area (Å²) in [6, 6.07) is 27.5. The zero-order valence-electron chi connectivity index (χ0n) is 42.5. The lowest BCUT2D eigenvalue weighted by molar-refractivity contribution is -0.142. The Balaban J connectivity index is 0.000000150. The molecule has 12 rings (SSSR count). The van der Waals surface area contributed by atoms with Crippen molar-refractivity contribution in [1.82, 2.24) is 30.0 Å². The lowest BCUT2D eigenvalue weighted by Crippen LogP contribution is -2.57. The van der Waals surface area contributed by atoms with Crippen molar-refractivity contribution in [2.24, 2.45) is 0 Å². The number of carbonyl (C=O) groups excluding carboxylic acids is 2. The fraction of sp³-hybridized carbons (Fsp3) is 0.429. The summed E-state index contributed by atoms with van der Waals surface area (Å²) in [5, 5.41) is 27.7. The van der Waals surface area contributed by atoms with Gasteiger partial charge in [-0.3, -0.25) is 14.5 Å². The summed E-state index contributed by atoms with van der Waals surface area (Å²) in [6.07, 6.45) is 3.67. The lowest BCUT2D eigenvalue weighted by Gasteiger charge is -2.40. The van der Waals surface area contributed by atoms with Crippen LogP contribution in [0.2, 0.25) is 0 Å². The molecule has 6 heterocycles. The topological polar surface area (TPSA) is 135 Å². The monoisotopic (exact) mass is 1080 g/mol. The number of aliphatic hydroxyl groups is 2. The van der Waals surface area contributed by atoms with Gasteiger partial charge in [0.15, 0.2) is 10.3 Å². The maximum atomic E-state index is 13.3. The first-order valence-electron chi connectivity index (χ1n) is 25.9. The number of aryl methyl sites for hydroxylation is 2. The Morgan fingerprint density at radius 1 is 0.640 bits per heavy atom. The molecule has 19 heteroatoms. The number of carbonyl (C=O) groups is 2. The highest BCUT2D eigenvalue weighted by molar-refractivity contribution is 7.14. The lowest BCUT2D eigenvalue weighted by atomic mass is 10.1. The normalized spacial score (nSPS) is 19.5. The van der Waals surface area contributed by atoms with Gasteiger partial charge in [0.2, 0.25) is 11.8 Å². The molecular weight excluding hydrogens is 1010 g/mol. The summed E-state index contributed by atoms with van der Waals surface area (Å²) in [5.74, 6) is -0.415. The van der Waals surface area contributed by atoms with E-state index in [-0.39, 0.29) is 47.6 Å². The maximum Gasteiger partial charge on any atom is 0.237 e. The van der Waals surface area contributed by atoms with Crippen LogP contribution in [0.5, 0.6) is 0 Å². The molecule has 2 aromatic heterocycles. The van der Waals surface area contributed by atoms with Crippen molar-refractivity contribution in [1.29, 1.82) is 0 Å². The number of nitrogens with zero attached hydrogens (tertiary/aromatic N) is 9. The van der Waals surface area contributed by atoms with Gasteiger partial charge in [0, 0.05) is 126 Å². The van der Waals surface area contributed by atoms with Gasteiger partial charge in [0.1, 0.15) is 17.5 Å². The first kappa shape index (κ1) is 52.7. The minimum absolute atomic E-state index is 0.0206. The van der Waals surface area contributed by atoms with Gasteiger partial charge in [-0.15, -0.1) is 34.3 Å². The number of anilines is 4. The third kappa shape index (κ3) is 12.3. The van der Waals surface area contributed by atoms with Gasteiger partial charge in [-0.1, -0.05) is 12.1 Å². The Morgan fingerprint density at radius 2 is 1.08 bits per heavy atom. The Morgan fingerprint density at radius 3 is 1.52 bits per heavy atom. The van der Waals surface area contributed by atoms with E-state index >= 15 is 0 Å². The Labute approximate surface area is 450 Å². The van der Waals surface area contributed by atoms with E-state index in [1.54, 1.807) is 51.8 Å². The smallest absolute Gasteiger partial charge is 0.237 e. The van der Waals surface area contributed by atoms with Gasteiger partial charge < -0.3 is 44.9 Å². The van der Waals surface area contributed by atoms with Crippen molar-refractivity contribution >= 4 is 67.7 Å². The second-order valence-corrected chi connectivity index (χ2v) is 22.1. The number of halogens is 3. The highest BCUT2D eigenvalue weighted by Gasteiger charge is 2.33. The summed E-state index contributed by atoms with van der Waals surface area (Å²) < 4.78 is 26.5. The molecule has 0 radical (unpaired) electrons. The minimum Gasteiger partial charge on any atom is -0.389 e. The van der Waals surface area contributed by atoms with Gasteiger partial charge in [-0.25, -0.2) is 18.7 Å². The Bertz CT molecular complexity index is 2900. The molecule has 396 valence electrons. The molecule has 2 unspecified atom stereocenters. The van der Waals surface area contributed by atoms with Gasteiger partial charge in [0.05, 0.1) is 42.2 Å². The molecule has 2 aliphatic carbocycles. The number of hydrogen-bond acceptors (Lipinski definition) is 14. The zero-order chi connectivity index (χ0) is 52.2. The number of alkyl halides is 1. The maximum absolute atomic E-state index is 13.3. The molecule has 4 saturated heterocycles. The first-order chi connectivity index (χ1) is 36.4. The van der Waals surface area contributed by atoms with Crippen LogP contribution in [0.4, 0.5) is 30.4 Å². The van der Waals surface area contributed by atoms with Crippen LogP contribution in [-0.2, 0) is 22.4 Å². The summed E-state index contributed by atoms with van der Waals surface area (Å²) >= 11 is 8.51. The van der Waals surface area contributed by atoms with Crippen molar-refractivity contribution in [3.63, 3.8) is 0 Å². The van der Waals surface area contributed by atoms with Gasteiger partial charge in [-0.2, -0.15) is 0 Å². The number of aliphatic hydroxyl groups excluding tert-OH is 2. The summed E-state index contributed by atoms with van der Waals surface area (Å²) in [5.41, 5.74) is 11.9. The molecular formula is C56H65ClF2N10O4S2.